The van der Waals surface area contributed by atoms with E-state index < -0.39 is 5.97 Å². The summed E-state index contributed by atoms with van der Waals surface area (Å²) < 4.78 is 5.76. The van der Waals surface area contributed by atoms with Crippen LogP contribution in [0.2, 0.25) is 0 Å². The van der Waals surface area contributed by atoms with Crippen molar-refractivity contribution in [2.75, 3.05) is 0 Å². The smallest absolute Gasteiger partial charge is 0.307 e. The summed E-state index contributed by atoms with van der Waals surface area (Å²) >= 11 is 0. The molecule has 0 atom stereocenters. The van der Waals surface area contributed by atoms with E-state index in [0.29, 0.717) is 35.5 Å². The van der Waals surface area contributed by atoms with E-state index >= 15 is 0 Å². The largest absolute Gasteiger partial charge is 0.481 e. The number of carbonyl (C=O) groups excluding carboxylic acids is 1. The number of Topliss-reactive ketones (excluding diaryl/α,β-unsaturated/α-hetero) is 1. The Morgan fingerprint density at radius 3 is 2.19 bits per heavy atom. The lowest BCUT2D eigenvalue weighted by atomic mass is 10.0. The van der Waals surface area contributed by atoms with Gasteiger partial charge in [0, 0.05) is 12.0 Å². The van der Waals surface area contributed by atoms with Gasteiger partial charge in [0.15, 0.2) is 5.78 Å². The van der Waals surface area contributed by atoms with Crippen LogP contribution in [0.25, 0.3) is 0 Å². The van der Waals surface area contributed by atoms with Crippen LogP contribution in [-0.2, 0) is 17.6 Å². The van der Waals surface area contributed by atoms with Crippen molar-refractivity contribution in [2.24, 2.45) is 0 Å². The van der Waals surface area contributed by atoms with Crippen LogP contribution in [0.15, 0.2) is 78.9 Å². The zero-order valence-corrected chi connectivity index (χ0v) is 14.8. The van der Waals surface area contributed by atoms with E-state index in [0.717, 1.165) is 5.56 Å². The van der Waals surface area contributed by atoms with Gasteiger partial charge in [0.1, 0.15) is 11.5 Å². The number of carboxylic acid groups (broad SMARTS) is 1. The van der Waals surface area contributed by atoms with Crippen molar-refractivity contribution in [3.63, 3.8) is 0 Å². The minimum Gasteiger partial charge on any atom is -0.481 e. The number of hydrogen-bond donors (Lipinski definition) is 1. The molecule has 0 fully saturated rings. The van der Waals surface area contributed by atoms with Crippen molar-refractivity contribution >= 4 is 11.8 Å². The van der Waals surface area contributed by atoms with Gasteiger partial charge in [-0.1, -0.05) is 42.5 Å². The molecule has 136 valence electrons. The third kappa shape index (κ3) is 5.54. The fourth-order valence-electron chi connectivity index (χ4n) is 2.79. The molecule has 0 radical (unpaired) electrons. The number of aryl methyl sites for hydroxylation is 1. The van der Waals surface area contributed by atoms with E-state index in [1.165, 1.54) is 0 Å². The van der Waals surface area contributed by atoms with Crippen LogP contribution in [0.3, 0.4) is 0 Å². The lowest BCUT2D eigenvalue weighted by Gasteiger charge is -2.08. The summed E-state index contributed by atoms with van der Waals surface area (Å²) in [5.74, 6) is 0.373. The number of ketones is 1. The van der Waals surface area contributed by atoms with E-state index in [1.54, 1.807) is 48.5 Å². The number of hydrogen-bond acceptors (Lipinski definition) is 3. The zero-order valence-electron chi connectivity index (χ0n) is 14.8. The molecule has 0 unspecified atom stereocenters. The predicted octanol–water partition coefficient (Wildman–Crippen LogP) is 4.92. The summed E-state index contributed by atoms with van der Waals surface area (Å²) in [4.78, 5) is 23.1. The standard InChI is InChI=1S/C23H20O4/c24-22(14-9-17-5-2-1-3-6-17)19-10-12-20(13-11-19)27-21-8-4-7-18(15-21)16-23(25)26/h1-8,10-13,15H,9,14,16H2,(H,25,26). The van der Waals surface area contributed by atoms with E-state index in [9.17, 15) is 9.59 Å². The third-order valence-corrected chi connectivity index (χ3v) is 4.15. The fourth-order valence-corrected chi connectivity index (χ4v) is 2.79. The van der Waals surface area contributed by atoms with Crippen molar-refractivity contribution in [1.82, 2.24) is 0 Å². The van der Waals surface area contributed by atoms with Crippen LogP contribution >= 0.6 is 0 Å². The average molecular weight is 360 g/mol. The molecule has 0 bridgehead atoms. The monoisotopic (exact) mass is 360 g/mol. The normalized spacial score (nSPS) is 10.4. The van der Waals surface area contributed by atoms with Gasteiger partial charge in [-0.2, -0.15) is 0 Å². The van der Waals surface area contributed by atoms with E-state index in [2.05, 4.69) is 0 Å². The molecule has 0 saturated heterocycles. The number of ether oxygens (including phenoxy) is 1. The second-order valence-electron chi connectivity index (χ2n) is 6.25. The first-order valence-electron chi connectivity index (χ1n) is 8.76. The number of aliphatic carboxylic acids is 1. The third-order valence-electron chi connectivity index (χ3n) is 4.15. The van der Waals surface area contributed by atoms with Crippen LogP contribution in [0.4, 0.5) is 0 Å². The molecule has 0 amide bonds. The summed E-state index contributed by atoms with van der Waals surface area (Å²) in [6.07, 6.45) is 1.13. The van der Waals surface area contributed by atoms with E-state index in [1.807, 2.05) is 30.3 Å². The van der Waals surface area contributed by atoms with Gasteiger partial charge >= 0.3 is 5.97 Å². The molecular weight excluding hydrogens is 340 g/mol. The van der Waals surface area contributed by atoms with E-state index in [4.69, 9.17) is 9.84 Å². The van der Waals surface area contributed by atoms with Crippen molar-refractivity contribution in [3.8, 4) is 11.5 Å². The van der Waals surface area contributed by atoms with Crippen LogP contribution in [0.1, 0.15) is 27.9 Å². The Morgan fingerprint density at radius 1 is 0.778 bits per heavy atom. The average Bonchev–Trinajstić information content (AvgIpc) is 2.67. The molecule has 3 rings (SSSR count). The summed E-state index contributed by atoms with van der Waals surface area (Å²) in [5, 5.41) is 8.87. The lowest BCUT2D eigenvalue weighted by molar-refractivity contribution is -0.136. The Morgan fingerprint density at radius 2 is 1.48 bits per heavy atom. The quantitative estimate of drug-likeness (QED) is 0.579. The summed E-state index contributed by atoms with van der Waals surface area (Å²) in [7, 11) is 0. The zero-order chi connectivity index (χ0) is 19.1. The number of carbonyl (C=O) groups is 2. The molecule has 3 aromatic carbocycles. The Bertz CT molecular complexity index is 915. The first-order valence-corrected chi connectivity index (χ1v) is 8.76. The van der Waals surface area contributed by atoms with Crippen LogP contribution in [-0.4, -0.2) is 16.9 Å². The Balaban J connectivity index is 1.60. The van der Waals surface area contributed by atoms with Crippen LogP contribution < -0.4 is 4.74 Å². The highest BCUT2D eigenvalue weighted by Crippen LogP contribution is 2.23. The molecule has 0 saturated carbocycles. The van der Waals surface area contributed by atoms with Gasteiger partial charge in [0.05, 0.1) is 6.42 Å². The molecule has 0 aromatic heterocycles. The first-order chi connectivity index (χ1) is 13.1. The van der Waals surface area contributed by atoms with Crippen LogP contribution in [0.5, 0.6) is 11.5 Å². The number of benzene rings is 3. The number of rotatable bonds is 8. The molecule has 3 aromatic rings. The second-order valence-corrected chi connectivity index (χ2v) is 6.25. The van der Waals surface area contributed by atoms with Crippen molar-refractivity contribution in [2.45, 2.75) is 19.3 Å². The lowest BCUT2D eigenvalue weighted by Crippen LogP contribution is -2.01. The van der Waals surface area contributed by atoms with Crippen LogP contribution in [0, 0.1) is 0 Å². The summed E-state index contributed by atoms with van der Waals surface area (Å²) in [5.41, 5.74) is 2.47. The maximum Gasteiger partial charge on any atom is 0.307 e. The minimum absolute atomic E-state index is 0.0495. The molecule has 0 heterocycles. The highest BCUT2D eigenvalue weighted by atomic mass is 16.5. The second kappa shape index (κ2) is 8.81. The molecule has 27 heavy (non-hydrogen) atoms. The summed E-state index contributed by atoms with van der Waals surface area (Å²) in [6, 6.07) is 23.9. The minimum atomic E-state index is -0.884. The van der Waals surface area contributed by atoms with Gasteiger partial charge in [-0.05, 0) is 53.9 Å². The maximum absolute atomic E-state index is 12.3. The van der Waals surface area contributed by atoms with Gasteiger partial charge < -0.3 is 9.84 Å². The van der Waals surface area contributed by atoms with Crippen molar-refractivity contribution < 1.29 is 19.4 Å². The highest BCUT2D eigenvalue weighted by molar-refractivity contribution is 5.96. The first kappa shape index (κ1) is 18.4. The molecular formula is C23H20O4. The van der Waals surface area contributed by atoms with Crippen molar-refractivity contribution in [1.29, 1.82) is 0 Å². The Kier molecular flexibility index (Phi) is 6.00. The molecule has 0 aliphatic rings. The number of carboxylic acids is 1. The van der Waals surface area contributed by atoms with Gasteiger partial charge in [-0.25, -0.2) is 0 Å². The van der Waals surface area contributed by atoms with Gasteiger partial charge in [-0.3, -0.25) is 9.59 Å². The fraction of sp³-hybridized carbons (Fsp3) is 0.130. The van der Waals surface area contributed by atoms with Gasteiger partial charge in [0.2, 0.25) is 0 Å². The molecule has 4 heteroatoms. The van der Waals surface area contributed by atoms with E-state index in [-0.39, 0.29) is 12.2 Å². The molecule has 0 aliphatic carbocycles. The van der Waals surface area contributed by atoms with Gasteiger partial charge in [0.25, 0.3) is 0 Å². The molecule has 1 N–H and O–H groups in total. The topological polar surface area (TPSA) is 63.6 Å². The molecule has 0 aliphatic heterocycles. The molecule has 4 nitrogen and oxygen atoms in total. The molecule has 0 spiro atoms. The maximum atomic E-state index is 12.3. The summed E-state index contributed by atoms with van der Waals surface area (Å²) in [6.45, 7) is 0. The van der Waals surface area contributed by atoms with Gasteiger partial charge in [-0.15, -0.1) is 0 Å². The van der Waals surface area contributed by atoms with Crippen molar-refractivity contribution in [3.05, 3.63) is 95.6 Å². The predicted molar refractivity (Wildman–Crippen MR) is 103 cm³/mol. The SMILES string of the molecule is O=C(O)Cc1cccc(Oc2ccc(C(=O)CCc3ccccc3)cc2)c1. The Labute approximate surface area is 158 Å². The Hall–Kier alpha value is -3.40. The highest BCUT2D eigenvalue weighted by Gasteiger charge is 2.07.